The van der Waals surface area contributed by atoms with Gasteiger partial charge in [0.15, 0.2) is 0 Å². The topological polar surface area (TPSA) is 99.2 Å². The molecule has 2 heterocycles. The highest BCUT2D eigenvalue weighted by Gasteiger charge is 2.26. The van der Waals surface area contributed by atoms with E-state index < -0.39 is 6.10 Å². The predicted octanol–water partition coefficient (Wildman–Crippen LogP) is 6.58. The minimum Gasteiger partial charge on any atom is -0.383 e. The van der Waals surface area contributed by atoms with Crippen molar-refractivity contribution in [2.24, 2.45) is 7.05 Å². The number of nitriles is 1. The van der Waals surface area contributed by atoms with E-state index in [1.165, 1.54) is 4.90 Å². The van der Waals surface area contributed by atoms with Crippen LogP contribution in [0.2, 0.25) is 10.0 Å². The summed E-state index contributed by atoms with van der Waals surface area (Å²) in [6, 6.07) is 24.4. The Morgan fingerprint density at radius 1 is 1.02 bits per heavy atom. The summed E-state index contributed by atoms with van der Waals surface area (Å²) in [5, 5.41) is 21.8. The standard InChI is InChI=1S/C33H26Cl2N4O3/c1-19-7-10-21-5-4-6-24(31(21)37-19)33(42)29-25(34)14-16-26(30(29)35)39(3)28(40)17-23-13-15-27(38(23)2)32(41)22-11-8-20(18-36)9-12-22/h4-16,33,42H,17H2,1-3H3. The molecule has 1 N–H and O–H groups in total. The van der Waals surface area contributed by atoms with Gasteiger partial charge in [-0.15, -0.1) is 0 Å². The third-order valence-corrected chi connectivity index (χ3v) is 8.09. The third-order valence-electron chi connectivity index (χ3n) is 7.37. The van der Waals surface area contributed by atoms with Crippen LogP contribution in [-0.2, 0) is 18.3 Å². The number of pyridine rings is 1. The van der Waals surface area contributed by atoms with Gasteiger partial charge in [0.1, 0.15) is 6.10 Å². The highest BCUT2D eigenvalue weighted by molar-refractivity contribution is 6.38. The molecule has 1 atom stereocenters. The van der Waals surface area contributed by atoms with Crippen LogP contribution < -0.4 is 4.90 Å². The van der Waals surface area contributed by atoms with Crippen LogP contribution in [0.1, 0.15) is 50.2 Å². The largest absolute Gasteiger partial charge is 0.383 e. The molecule has 1 amide bonds. The maximum Gasteiger partial charge on any atom is 0.232 e. The molecule has 0 aliphatic carbocycles. The van der Waals surface area contributed by atoms with E-state index in [-0.39, 0.29) is 33.7 Å². The number of likely N-dealkylation sites (N-methyl/N-ethyl adjacent to an activating group) is 1. The van der Waals surface area contributed by atoms with Crippen molar-refractivity contribution in [3.05, 3.63) is 128 Å². The summed E-state index contributed by atoms with van der Waals surface area (Å²) in [5.41, 5.74) is 4.62. The van der Waals surface area contributed by atoms with Crippen molar-refractivity contribution in [1.82, 2.24) is 9.55 Å². The molecule has 9 heteroatoms. The van der Waals surface area contributed by atoms with Crippen molar-refractivity contribution >= 4 is 51.5 Å². The second-order valence-electron chi connectivity index (χ2n) is 9.99. The first-order valence-electron chi connectivity index (χ1n) is 13.1. The van der Waals surface area contributed by atoms with Crippen molar-refractivity contribution in [1.29, 1.82) is 5.26 Å². The number of benzene rings is 3. The van der Waals surface area contributed by atoms with Crippen LogP contribution in [0.15, 0.2) is 78.9 Å². The zero-order valence-electron chi connectivity index (χ0n) is 23.1. The normalized spacial score (nSPS) is 11.7. The molecule has 5 rings (SSSR count). The summed E-state index contributed by atoms with van der Waals surface area (Å²) >= 11 is 13.4. The van der Waals surface area contributed by atoms with Crippen molar-refractivity contribution in [3.8, 4) is 6.07 Å². The molecule has 1 unspecified atom stereocenters. The minimum atomic E-state index is -1.19. The Balaban J connectivity index is 1.41. The summed E-state index contributed by atoms with van der Waals surface area (Å²) in [7, 11) is 3.32. The number of halogens is 2. The molecule has 5 aromatic rings. The van der Waals surface area contributed by atoms with Crippen LogP contribution in [0, 0.1) is 18.3 Å². The minimum absolute atomic E-state index is 0.00296. The van der Waals surface area contributed by atoms with Gasteiger partial charge in [-0.2, -0.15) is 5.26 Å². The predicted molar refractivity (Wildman–Crippen MR) is 164 cm³/mol. The Hall–Kier alpha value is -4.48. The van der Waals surface area contributed by atoms with Crippen molar-refractivity contribution in [2.45, 2.75) is 19.4 Å². The average Bonchev–Trinajstić information content (AvgIpc) is 3.35. The van der Waals surface area contributed by atoms with E-state index in [2.05, 4.69) is 4.98 Å². The van der Waals surface area contributed by atoms with Crippen molar-refractivity contribution < 1.29 is 14.7 Å². The molecule has 0 saturated carbocycles. The Kier molecular flexibility index (Phi) is 8.15. The molecular weight excluding hydrogens is 571 g/mol. The van der Waals surface area contributed by atoms with E-state index in [4.69, 9.17) is 28.5 Å². The van der Waals surface area contributed by atoms with E-state index in [0.717, 1.165) is 11.1 Å². The van der Waals surface area contributed by atoms with E-state index in [1.54, 1.807) is 73.3 Å². The summed E-state index contributed by atoms with van der Waals surface area (Å²) in [4.78, 5) is 32.5. The van der Waals surface area contributed by atoms with Gasteiger partial charge < -0.3 is 14.6 Å². The Labute approximate surface area is 253 Å². The number of carbonyl (C=O) groups excluding carboxylic acids is 2. The van der Waals surface area contributed by atoms with Crippen LogP contribution in [-0.4, -0.2) is 33.4 Å². The number of fused-ring (bicyclic) bond motifs is 1. The first-order valence-corrected chi connectivity index (χ1v) is 13.8. The second kappa shape index (κ2) is 11.8. The first-order chi connectivity index (χ1) is 20.1. The molecule has 0 spiro atoms. The number of aliphatic hydroxyl groups excluding tert-OH is 1. The van der Waals surface area contributed by atoms with E-state index in [0.29, 0.717) is 39.3 Å². The zero-order chi connectivity index (χ0) is 30.1. The van der Waals surface area contributed by atoms with Crippen LogP contribution in [0.3, 0.4) is 0 Å². The van der Waals surface area contributed by atoms with E-state index >= 15 is 0 Å². The lowest BCUT2D eigenvalue weighted by molar-refractivity contribution is -0.117. The third kappa shape index (κ3) is 5.40. The summed E-state index contributed by atoms with van der Waals surface area (Å²) in [5.74, 6) is -0.493. The number of carbonyl (C=O) groups is 2. The lowest BCUT2D eigenvalue weighted by Crippen LogP contribution is -2.29. The number of aliphatic hydroxyl groups is 1. The molecule has 0 aliphatic rings. The smallest absolute Gasteiger partial charge is 0.232 e. The van der Waals surface area contributed by atoms with Gasteiger partial charge >= 0.3 is 0 Å². The number of nitrogens with zero attached hydrogens (tertiary/aromatic N) is 4. The fourth-order valence-electron chi connectivity index (χ4n) is 4.92. The molecule has 0 fully saturated rings. The second-order valence-corrected chi connectivity index (χ2v) is 10.8. The lowest BCUT2D eigenvalue weighted by Gasteiger charge is -2.23. The molecular formula is C33H26Cl2N4O3. The van der Waals surface area contributed by atoms with Crippen LogP contribution in [0.25, 0.3) is 10.9 Å². The number of hydrogen-bond donors (Lipinski definition) is 1. The van der Waals surface area contributed by atoms with Gasteiger partial charge in [0.2, 0.25) is 11.7 Å². The summed E-state index contributed by atoms with van der Waals surface area (Å²) in [6.07, 6.45) is -1.19. The molecule has 0 bridgehead atoms. The Bertz CT molecular complexity index is 1890. The number of aromatic nitrogens is 2. The van der Waals surface area contributed by atoms with Crippen LogP contribution >= 0.6 is 23.2 Å². The molecule has 0 radical (unpaired) electrons. The fraction of sp³-hybridized carbons (Fsp3) is 0.152. The highest BCUT2D eigenvalue weighted by atomic mass is 35.5. The van der Waals surface area contributed by atoms with Gasteiger partial charge in [-0.25, -0.2) is 0 Å². The molecule has 2 aromatic heterocycles. The van der Waals surface area contributed by atoms with Crippen molar-refractivity contribution in [3.63, 3.8) is 0 Å². The number of hydrogen-bond acceptors (Lipinski definition) is 5. The quantitative estimate of drug-likeness (QED) is 0.214. The van der Waals surface area contributed by atoms with Crippen molar-refractivity contribution in [2.75, 3.05) is 11.9 Å². The fourth-order valence-corrected chi connectivity index (χ4v) is 5.63. The number of rotatable bonds is 7. The van der Waals surface area contributed by atoms with Crippen LogP contribution in [0.5, 0.6) is 0 Å². The Morgan fingerprint density at radius 2 is 1.76 bits per heavy atom. The number of para-hydroxylation sites is 1. The summed E-state index contributed by atoms with van der Waals surface area (Å²) in [6.45, 7) is 1.88. The number of amides is 1. The van der Waals surface area contributed by atoms with Gasteiger partial charge in [0.05, 0.1) is 40.0 Å². The molecule has 3 aromatic carbocycles. The number of ketones is 1. The van der Waals surface area contributed by atoms with Gasteiger partial charge in [0.25, 0.3) is 0 Å². The number of aryl methyl sites for hydroxylation is 1. The maximum atomic E-state index is 13.4. The molecule has 42 heavy (non-hydrogen) atoms. The lowest BCUT2D eigenvalue weighted by atomic mass is 9.97. The zero-order valence-corrected chi connectivity index (χ0v) is 24.6. The maximum absolute atomic E-state index is 13.4. The Morgan fingerprint density at radius 3 is 2.48 bits per heavy atom. The molecule has 0 saturated heterocycles. The van der Waals surface area contributed by atoms with Gasteiger partial charge in [-0.05, 0) is 61.5 Å². The molecule has 7 nitrogen and oxygen atoms in total. The number of anilines is 1. The highest BCUT2D eigenvalue weighted by Crippen LogP contribution is 2.41. The monoisotopic (exact) mass is 596 g/mol. The summed E-state index contributed by atoms with van der Waals surface area (Å²) < 4.78 is 1.68. The van der Waals surface area contributed by atoms with E-state index in [1.807, 2.05) is 37.3 Å². The molecule has 210 valence electrons. The van der Waals surface area contributed by atoms with Gasteiger partial charge in [0, 0.05) is 52.6 Å². The SMILES string of the molecule is Cc1ccc2cccc(C(O)c3c(Cl)ccc(N(C)C(=O)Cc4ccc(C(=O)c5ccc(C#N)cc5)n4C)c3Cl)c2n1. The van der Waals surface area contributed by atoms with Gasteiger partial charge in [-0.3, -0.25) is 14.6 Å². The van der Waals surface area contributed by atoms with Crippen LogP contribution in [0.4, 0.5) is 5.69 Å². The van der Waals surface area contributed by atoms with E-state index in [9.17, 15) is 14.7 Å². The van der Waals surface area contributed by atoms with Gasteiger partial charge in [-0.1, -0.05) is 47.5 Å². The molecule has 0 aliphatic heterocycles. The first kappa shape index (κ1) is 29.0. The average molecular weight is 598 g/mol.